The highest BCUT2D eigenvalue weighted by atomic mass is 32.1. The second-order valence-electron chi connectivity index (χ2n) is 6.97. The van der Waals surface area contributed by atoms with E-state index in [0.29, 0.717) is 29.6 Å². The molecule has 1 saturated heterocycles. The number of carbonyl (C=O) groups excluding carboxylic acids is 2. The maximum Gasteiger partial charge on any atom is 0.350 e. The smallest absolute Gasteiger partial charge is 0.350 e. The summed E-state index contributed by atoms with van der Waals surface area (Å²) >= 11 is 1.35. The molecular weight excluding hydrogens is 360 g/mol. The lowest BCUT2D eigenvalue weighted by atomic mass is 10.0. The van der Waals surface area contributed by atoms with Crippen molar-refractivity contribution in [2.45, 2.75) is 26.7 Å². The zero-order valence-electron chi connectivity index (χ0n) is 15.9. The molecule has 1 unspecified atom stereocenters. The molecule has 1 aliphatic heterocycles. The van der Waals surface area contributed by atoms with Crippen LogP contribution in [0.25, 0.3) is 10.4 Å². The van der Waals surface area contributed by atoms with Crippen LogP contribution in [0.5, 0.6) is 0 Å². The Balaban J connectivity index is 1.77. The van der Waals surface area contributed by atoms with Crippen molar-refractivity contribution in [1.82, 2.24) is 4.90 Å². The number of esters is 1. The number of piperidine rings is 1. The molecule has 2 heterocycles. The first-order valence-corrected chi connectivity index (χ1v) is 10.3. The Kier molecular flexibility index (Phi) is 6.63. The normalized spacial score (nSPS) is 17.5. The summed E-state index contributed by atoms with van der Waals surface area (Å²) in [6.07, 6.45) is 2.34. The molecule has 1 N–H and O–H groups in total. The first-order chi connectivity index (χ1) is 13.1. The Hall–Kier alpha value is -2.18. The molecule has 0 spiro atoms. The molecule has 144 valence electrons. The molecule has 0 radical (unpaired) electrons. The van der Waals surface area contributed by atoms with Crippen LogP contribution in [0.15, 0.2) is 36.4 Å². The number of likely N-dealkylation sites (tertiary alicyclic amines) is 1. The molecule has 27 heavy (non-hydrogen) atoms. The Morgan fingerprint density at radius 2 is 2.07 bits per heavy atom. The first-order valence-electron chi connectivity index (χ1n) is 9.45. The van der Waals surface area contributed by atoms with Gasteiger partial charge in [-0.3, -0.25) is 9.69 Å². The number of ether oxygens (including phenoxy) is 1. The van der Waals surface area contributed by atoms with Crippen molar-refractivity contribution in [3.05, 3.63) is 41.3 Å². The summed E-state index contributed by atoms with van der Waals surface area (Å²) in [6, 6.07) is 11.7. The number of benzene rings is 1. The van der Waals surface area contributed by atoms with E-state index in [0.717, 1.165) is 30.0 Å². The minimum absolute atomic E-state index is 0.0907. The van der Waals surface area contributed by atoms with Crippen molar-refractivity contribution < 1.29 is 14.3 Å². The van der Waals surface area contributed by atoms with Gasteiger partial charge in [0.15, 0.2) is 0 Å². The second-order valence-corrected chi connectivity index (χ2v) is 8.02. The van der Waals surface area contributed by atoms with Crippen LogP contribution >= 0.6 is 11.3 Å². The topological polar surface area (TPSA) is 58.6 Å². The van der Waals surface area contributed by atoms with Gasteiger partial charge in [0.05, 0.1) is 18.8 Å². The summed E-state index contributed by atoms with van der Waals surface area (Å²) < 4.78 is 5.17. The van der Waals surface area contributed by atoms with Gasteiger partial charge in [-0.15, -0.1) is 11.3 Å². The maximum atomic E-state index is 12.6. The molecule has 1 aromatic carbocycles. The molecule has 0 saturated carbocycles. The molecule has 1 aliphatic rings. The fourth-order valence-electron chi connectivity index (χ4n) is 3.40. The lowest BCUT2D eigenvalue weighted by molar-refractivity contribution is -0.117. The third kappa shape index (κ3) is 5.17. The van der Waals surface area contributed by atoms with Crippen molar-refractivity contribution in [3.8, 4) is 10.4 Å². The van der Waals surface area contributed by atoms with Crippen molar-refractivity contribution in [1.29, 1.82) is 0 Å². The average Bonchev–Trinajstić information content (AvgIpc) is 3.06. The van der Waals surface area contributed by atoms with Gasteiger partial charge in [-0.05, 0) is 43.9 Å². The van der Waals surface area contributed by atoms with Gasteiger partial charge in [-0.1, -0.05) is 37.3 Å². The van der Waals surface area contributed by atoms with E-state index in [9.17, 15) is 9.59 Å². The van der Waals surface area contributed by atoms with Crippen LogP contribution in [0.1, 0.15) is 36.4 Å². The van der Waals surface area contributed by atoms with Gasteiger partial charge in [-0.2, -0.15) is 0 Å². The SMILES string of the molecule is CCOC(=O)c1sc(-c2ccccc2)cc1NC(=O)CN1CCCC(C)C1. The second kappa shape index (κ2) is 9.15. The fraction of sp³-hybridized carbons (Fsp3) is 0.429. The lowest BCUT2D eigenvalue weighted by Gasteiger charge is -2.30. The van der Waals surface area contributed by atoms with Crippen LogP contribution in [0, 0.1) is 5.92 Å². The van der Waals surface area contributed by atoms with E-state index in [1.807, 2.05) is 36.4 Å². The van der Waals surface area contributed by atoms with Crippen LogP contribution in [0.4, 0.5) is 5.69 Å². The maximum absolute atomic E-state index is 12.6. The summed E-state index contributed by atoms with van der Waals surface area (Å²) in [5.41, 5.74) is 1.55. The summed E-state index contributed by atoms with van der Waals surface area (Å²) in [4.78, 5) is 28.5. The predicted molar refractivity (Wildman–Crippen MR) is 109 cm³/mol. The Bertz CT molecular complexity index is 788. The number of carbonyl (C=O) groups is 2. The minimum Gasteiger partial charge on any atom is -0.462 e. The molecule has 1 aromatic heterocycles. The minimum atomic E-state index is -0.397. The van der Waals surface area contributed by atoms with E-state index < -0.39 is 5.97 Å². The highest BCUT2D eigenvalue weighted by Gasteiger charge is 2.22. The number of thiophene rings is 1. The van der Waals surface area contributed by atoms with Crippen molar-refractivity contribution in [2.24, 2.45) is 5.92 Å². The summed E-state index contributed by atoms with van der Waals surface area (Å²) in [5, 5.41) is 2.93. The zero-order chi connectivity index (χ0) is 19.2. The third-order valence-electron chi connectivity index (χ3n) is 4.63. The molecule has 6 heteroatoms. The van der Waals surface area contributed by atoms with Crippen LogP contribution in [-0.4, -0.2) is 43.0 Å². The molecular formula is C21H26N2O3S. The van der Waals surface area contributed by atoms with Crippen molar-refractivity contribution >= 4 is 28.9 Å². The molecule has 5 nitrogen and oxygen atoms in total. The first kappa shape index (κ1) is 19.6. The molecule has 1 fully saturated rings. The van der Waals surface area contributed by atoms with Gasteiger partial charge in [0.1, 0.15) is 4.88 Å². The van der Waals surface area contributed by atoms with Gasteiger partial charge in [0.2, 0.25) is 5.91 Å². The number of rotatable bonds is 6. The highest BCUT2D eigenvalue weighted by Crippen LogP contribution is 2.35. The van der Waals surface area contributed by atoms with E-state index in [1.165, 1.54) is 17.8 Å². The van der Waals surface area contributed by atoms with E-state index in [1.54, 1.807) is 6.92 Å². The number of nitrogens with zero attached hydrogens (tertiary/aromatic N) is 1. The van der Waals surface area contributed by atoms with Gasteiger partial charge < -0.3 is 10.1 Å². The monoisotopic (exact) mass is 386 g/mol. The van der Waals surface area contributed by atoms with Crippen LogP contribution < -0.4 is 5.32 Å². The number of hydrogen-bond acceptors (Lipinski definition) is 5. The summed E-state index contributed by atoms with van der Waals surface area (Å²) in [7, 11) is 0. The van der Waals surface area contributed by atoms with Gasteiger partial charge in [0, 0.05) is 11.4 Å². The molecule has 1 amide bonds. The Morgan fingerprint density at radius 1 is 1.30 bits per heavy atom. The Labute approximate surface area is 164 Å². The molecule has 0 bridgehead atoms. The predicted octanol–water partition coefficient (Wildman–Crippen LogP) is 4.26. The van der Waals surface area contributed by atoms with Gasteiger partial charge in [-0.25, -0.2) is 4.79 Å². The lowest BCUT2D eigenvalue weighted by Crippen LogP contribution is -2.39. The van der Waals surface area contributed by atoms with E-state index in [-0.39, 0.29) is 5.91 Å². The van der Waals surface area contributed by atoms with Gasteiger partial charge >= 0.3 is 5.97 Å². The van der Waals surface area contributed by atoms with Crippen LogP contribution in [0.3, 0.4) is 0 Å². The van der Waals surface area contributed by atoms with Crippen LogP contribution in [0.2, 0.25) is 0 Å². The Morgan fingerprint density at radius 3 is 2.78 bits per heavy atom. The standard InChI is InChI=1S/C21H26N2O3S/c1-3-26-21(25)20-17(12-18(27-20)16-9-5-4-6-10-16)22-19(24)14-23-11-7-8-15(2)13-23/h4-6,9-10,12,15H,3,7-8,11,13-14H2,1-2H3,(H,22,24). The summed E-state index contributed by atoms with van der Waals surface area (Å²) in [5.74, 6) is 0.131. The quantitative estimate of drug-likeness (QED) is 0.754. The van der Waals surface area contributed by atoms with E-state index >= 15 is 0 Å². The molecule has 2 aromatic rings. The fourth-order valence-corrected chi connectivity index (χ4v) is 4.41. The third-order valence-corrected chi connectivity index (χ3v) is 5.80. The number of hydrogen-bond donors (Lipinski definition) is 1. The molecule has 0 aliphatic carbocycles. The zero-order valence-corrected chi connectivity index (χ0v) is 16.7. The van der Waals surface area contributed by atoms with Crippen molar-refractivity contribution in [3.63, 3.8) is 0 Å². The highest BCUT2D eigenvalue weighted by molar-refractivity contribution is 7.18. The van der Waals surface area contributed by atoms with Crippen molar-refractivity contribution in [2.75, 3.05) is 31.6 Å². The number of amides is 1. The van der Waals surface area contributed by atoms with E-state index in [2.05, 4.69) is 17.1 Å². The van der Waals surface area contributed by atoms with Crippen LogP contribution in [-0.2, 0) is 9.53 Å². The average molecular weight is 387 g/mol. The number of anilines is 1. The molecule has 1 atom stereocenters. The number of nitrogens with one attached hydrogen (secondary N) is 1. The van der Waals surface area contributed by atoms with E-state index in [4.69, 9.17) is 4.74 Å². The molecule has 3 rings (SSSR count). The summed E-state index contributed by atoms with van der Waals surface area (Å²) in [6.45, 7) is 6.53. The largest absolute Gasteiger partial charge is 0.462 e. The van der Waals surface area contributed by atoms with Gasteiger partial charge in [0.25, 0.3) is 0 Å².